The minimum Gasteiger partial charge on any atom is -0.497 e. The zero-order valence-electron chi connectivity index (χ0n) is 11.0. The van der Waals surface area contributed by atoms with E-state index in [4.69, 9.17) is 4.74 Å². The number of hydrogen-bond acceptors (Lipinski definition) is 2. The summed E-state index contributed by atoms with van der Waals surface area (Å²) in [7, 11) is 1.60. The molecule has 20 heavy (non-hydrogen) atoms. The summed E-state index contributed by atoms with van der Waals surface area (Å²) in [5, 5.41) is 5.57. The summed E-state index contributed by atoms with van der Waals surface area (Å²) in [6, 6.07) is 16.5. The SMILES string of the molecule is COc1ccc(NC(=O)NC(Br)c2ccccc2)cc1. The molecule has 0 aromatic heterocycles. The highest BCUT2D eigenvalue weighted by Crippen LogP contribution is 2.19. The maximum atomic E-state index is 11.9. The number of carbonyl (C=O) groups is 1. The van der Waals surface area contributed by atoms with Crippen LogP contribution in [0.4, 0.5) is 10.5 Å². The highest BCUT2D eigenvalue weighted by atomic mass is 79.9. The molecule has 0 heterocycles. The first kappa shape index (κ1) is 14.4. The number of methoxy groups -OCH3 is 1. The molecule has 0 bridgehead atoms. The van der Waals surface area contributed by atoms with Crippen molar-refractivity contribution in [3.8, 4) is 5.75 Å². The Labute approximate surface area is 126 Å². The quantitative estimate of drug-likeness (QED) is 0.657. The van der Waals surface area contributed by atoms with Crippen molar-refractivity contribution in [1.29, 1.82) is 0 Å². The van der Waals surface area contributed by atoms with E-state index < -0.39 is 0 Å². The van der Waals surface area contributed by atoms with Crippen LogP contribution in [0.3, 0.4) is 0 Å². The minimum atomic E-state index is -0.277. The number of rotatable bonds is 4. The second-order valence-corrected chi connectivity index (χ2v) is 5.02. The molecule has 2 aromatic carbocycles. The number of carbonyl (C=O) groups excluding carboxylic acids is 1. The minimum absolute atomic E-state index is 0.234. The molecule has 2 amide bonds. The zero-order valence-corrected chi connectivity index (χ0v) is 12.6. The number of amides is 2. The van der Waals surface area contributed by atoms with Crippen molar-refractivity contribution >= 4 is 27.6 Å². The number of anilines is 1. The smallest absolute Gasteiger partial charge is 0.320 e. The van der Waals surface area contributed by atoms with Crippen LogP contribution in [-0.4, -0.2) is 13.1 Å². The number of hydrogen-bond donors (Lipinski definition) is 2. The molecule has 0 aliphatic heterocycles. The molecule has 2 aromatic rings. The van der Waals surface area contributed by atoms with Gasteiger partial charge in [-0.15, -0.1) is 0 Å². The largest absolute Gasteiger partial charge is 0.497 e. The highest BCUT2D eigenvalue weighted by molar-refractivity contribution is 9.09. The molecule has 0 aliphatic carbocycles. The predicted molar refractivity (Wildman–Crippen MR) is 83.3 cm³/mol. The normalized spacial score (nSPS) is 11.5. The molecular weight excluding hydrogens is 320 g/mol. The van der Waals surface area contributed by atoms with Crippen LogP contribution in [0.2, 0.25) is 0 Å². The first-order valence-corrected chi connectivity index (χ1v) is 7.01. The van der Waals surface area contributed by atoms with Crippen LogP contribution < -0.4 is 15.4 Å². The lowest BCUT2D eigenvalue weighted by molar-refractivity contribution is 0.251. The van der Waals surface area contributed by atoms with E-state index in [1.807, 2.05) is 30.3 Å². The Bertz CT molecular complexity index is 558. The van der Waals surface area contributed by atoms with Gasteiger partial charge < -0.3 is 15.4 Å². The molecule has 2 N–H and O–H groups in total. The summed E-state index contributed by atoms with van der Waals surface area (Å²) < 4.78 is 5.06. The number of urea groups is 1. The number of alkyl halides is 1. The Morgan fingerprint density at radius 1 is 1.10 bits per heavy atom. The van der Waals surface area contributed by atoms with Gasteiger partial charge in [0.2, 0.25) is 0 Å². The van der Waals surface area contributed by atoms with Gasteiger partial charge in [-0.3, -0.25) is 0 Å². The highest BCUT2D eigenvalue weighted by Gasteiger charge is 2.10. The van der Waals surface area contributed by atoms with Crippen LogP contribution in [-0.2, 0) is 0 Å². The average molecular weight is 335 g/mol. The summed E-state index contributed by atoms with van der Waals surface area (Å²) in [5.41, 5.74) is 1.69. The van der Waals surface area contributed by atoms with Gasteiger partial charge in [0.1, 0.15) is 10.7 Å². The van der Waals surface area contributed by atoms with Crippen molar-refractivity contribution in [2.24, 2.45) is 0 Å². The summed E-state index contributed by atoms with van der Waals surface area (Å²) in [6.07, 6.45) is 0. The first-order valence-electron chi connectivity index (χ1n) is 6.09. The van der Waals surface area contributed by atoms with Crippen LogP contribution in [0.1, 0.15) is 10.5 Å². The third-order valence-corrected chi connectivity index (χ3v) is 3.46. The number of benzene rings is 2. The van der Waals surface area contributed by atoms with Crippen molar-refractivity contribution in [2.45, 2.75) is 4.95 Å². The van der Waals surface area contributed by atoms with E-state index in [-0.39, 0.29) is 11.0 Å². The molecule has 0 spiro atoms. The standard InChI is InChI=1S/C15H15BrN2O2/c1-20-13-9-7-12(8-10-13)17-15(19)18-14(16)11-5-3-2-4-6-11/h2-10,14H,1H3,(H2,17,18,19). The van der Waals surface area contributed by atoms with Gasteiger partial charge in [-0.2, -0.15) is 0 Å². The van der Waals surface area contributed by atoms with Crippen molar-refractivity contribution < 1.29 is 9.53 Å². The van der Waals surface area contributed by atoms with Crippen LogP contribution >= 0.6 is 15.9 Å². The third kappa shape index (κ3) is 3.99. The fourth-order valence-electron chi connectivity index (χ4n) is 1.66. The fraction of sp³-hybridized carbons (Fsp3) is 0.133. The predicted octanol–water partition coefficient (Wildman–Crippen LogP) is 3.91. The van der Waals surface area contributed by atoms with E-state index in [0.717, 1.165) is 11.3 Å². The van der Waals surface area contributed by atoms with E-state index in [1.165, 1.54) is 0 Å². The van der Waals surface area contributed by atoms with Crippen LogP contribution in [0.25, 0.3) is 0 Å². The van der Waals surface area contributed by atoms with E-state index in [1.54, 1.807) is 31.4 Å². The van der Waals surface area contributed by atoms with Gasteiger partial charge in [0, 0.05) is 5.69 Å². The average Bonchev–Trinajstić information content (AvgIpc) is 2.49. The molecule has 0 radical (unpaired) electrons. The molecule has 4 nitrogen and oxygen atoms in total. The monoisotopic (exact) mass is 334 g/mol. The molecular formula is C15H15BrN2O2. The van der Waals surface area contributed by atoms with E-state index >= 15 is 0 Å². The van der Waals surface area contributed by atoms with Crippen LogP contribution in [0.15, 0.2) is 54.6 Å². The molecule has 1 atom stereocenters. The Hall–Kier alpha value is -2.01. The molecule has 2 rings (SSSR count). The van der Waals surface area contributed by atoms with Crippen LogP contribution in [0, 0.1) is 0 Å². The van der Waals surface area contributed by atoms with Gasteiger partial charge in [-0.25, -0.2) is 4.79 Å². The Kier molecular flexibility index (Phi) is 5.01. The maximum absolute atomic E-state index is 11.9. The van der Waals surface area contributed by atoms with Crippen molar-refractivity contribution in [1.82, 2.24) is 5.32 Å². The molecule has 0 saturated carbocycles. The second-order valence-electron chi connectivity index (χ2n) is 4.10. The lowest BCUT2D eigenvalue weighted by atomic mass is 10.2. The van der Waals surface area contributed by atoms with Gasteiger partial charge in [-0.05, 0) is 29.8 Å². The van der Waals surface area contributed by atoms with E-state index in [0.29, 0.717) is 5.69 Å². The summed E-state index contributed by atoms with van der Waals surface area (Å²) in [5.74, 6) is 0.749. The Balaban J connectivity index is 1.91. The van der Waals surface area contributed by atoms with E-state index in [9.17, 15) is 4.79 Å². The summed E-state index contributed by atoms with van der Waals surface area (Å²) in [6.45, 7) is 0. The van der Waals surface area contributed by atoms with Gasteiger partial charge in [0.05, 0.1) is 7.11 Å². The zero-order chi connectivity index (χ0) is 14.4. The van der Waals surface area contributed by atoms with Crippen molar-refractivity contribution in [3.05, 3.63) is 60.2 Å². The summed E-state index contributed by atoms with van der Waals surface area (Å²) >= 11 is 3.43. The molecule has 104 valence electrons. The summed E-state index contributed by atoms with van der Waals surface area (Å²) in [4.78, 5) is 11.6. The van der Waals surface area contributed by atoms with Crippen LogP contribution in [0.5, 0.6) is 5.75 Å². The van der Waals surface area contributed by atoms with Gasteiger partial charge in [-0.1, -0.05) is 46.3 Å². The van der Waals surface area contributed by atoms with Crippen molar-refractivity contribution in [2.75, 3.05) is 12.4 Å². The molecule has 5 heteroatoms. The number of ether oxygens (including phenoxy) is 1. The second kappa shape index (κ2) is 6.96. The molecule has 0 saturated heterocycles. The number of nitrogens with one attached hydrogen (secondary N) is 2. The lowest BCUT2D eigenvalue weighted by Gasteiger charge is -2.13. The van der Waals surface area contributed by atoms with Crippen molar-refractivity contribution in [3.63, 3.8) is 0 Å². The maximum Gasteiger partial charge on any atom is 0.320 e. The fourth-order valence-corrected chi connectivity index (χ4v) is 2.18. The number of halogens is 1. The topological polar surface area (TPSA) is 50.4 Å². The third-order valence-electron chi connectivity index (χ3n) is 2.70. The van der Waals surface area contributed by atoms with Gasteiger partial charge >= 0.3 is 6.03 Å². The van der Waals surface area contributed by atoms with Gasteiger partial charge in [0.15, 0.2) is 0 Å². The lowest BCUT2D eigenvalue weighted by Crippen LogP contribution is -2.29. The van der Waals surface area contributed by atoms with Gasteiger partial charge in [0.25, 0.3) is 0 Å². The first-order chi connectivity index (χ1) is 9.69. The Morgan fingerprint density at radius 3 is 2.35 bits per heavy atom. The molecule has 1 unspecified atom stereocenters. The molecule has 0 fully saturated rings. The Morgan fingerprint density at radius 2 is 1.75 bits per heavy atom. The van der Waals surface area contributed by atoms with E-state index in [2.05, 4.69) is 26.6 Å². The molecule has 0 aliphatic rings.